The molecular formula is C22H28N2OS. The van der Waals surface area contributed by atoms with Crippen LogP contribution in [0.1, 0.15) is 61.7 Å². The zero-order valence-electron chi connectivity index (χ0n) is 16.0. The predicted octanol–water partition coefficient (Wildman–Crippen LogP) is 4.56. The summed E-state index contributed by atoms with van der Waals surface area (Å²) in [5.41, 5.74) is 1.72. The number of hydrogen-bond acceptors (Lipinski definition) is 3. The van der Waals surface area contributed by atoms with E-state index in [9.17, 15) is 4.79 Å². The number of carbonyl (C=O) groups is 1. The maximum absolute atomic E-state index is 13.1. The molecule has 138 valence electrons. The lowest BCUT2D eigenvalue weighted by Gasteiger charge is -2.52. The highest BCUT2D eigenvalue weighted by molar-refractivity contribution is 7.21. The minimum atomic E-state index is 0.0893. The Hall–Kier alpha value is -1.39. The number of amides is 1. The first-order valence-corrected chi connectivity index (χ1v) is 10.8. The SMILES string of the molecule is CC(C)(C)c1cccc2cc(C(=O)N[C@H]3C4CCN(CC4)C34CC4)sc12. The molecule has 26 heavy (non-hydrogen) atoms. The number of piperidine rings is 3. The molecule has 4 fully saturated rings. The van der Waals surface area contributed by atoms with Crippen molar-refractivity contribution in [1.82, 2.24) is 10.2 Å². The summed E-state index contributed by atoms with van der Waals surface area (Å²) in [6.07, 6.45) is 5.00. The van der Waals surface area contributed by atoms with Crippen molar-refractivity contribution in [2.24, 2.45) is 5.92 Å². The molecule has 0 unspecified atom stereocenters. The summed E-state index contributed by atoms with van der Waals surface area (Å²) >= 11 is 1.66. The third-order valence-corrected chi connectivity index (χ3v) is 8.03. The highest BCUT2D eigenvalue weighted by atomic mass is 32.1. The smallest absolute Gasteiger partial charge is 0.261 e. The summed E-state index contributed by atoms with van der Waals surface area (Å²) in [7, 11) is 0. The van der Waals surface area contributed by atoms with E-state index in [2.05, 4.69) is 55.3 Å². The van der Waals surface area contributed by atoms with Crippen molar-refractivity contribution in [2.45, 2.75) is 63.5 Å². The van der Waals surface area contributed by atoms with Crippen LogP contribution in [0.4, 0.5) is 0 Å². The Morgan fingerprint density at radius 1 is 1.23 bits per heavy atom. The molecule has 1 saturated carbocycles. The van der Waals surface area contributed by atoms with Crippen LogP contribution in [0.15, 0.2) is 24.3 Å². The van der Waals surface area contributed by atoms with Crippen LogP contribution in [-0.2, 0) is 5.41 Å². The molecule has 2 aromatic rings. The van der Waals surface area contributed by atoms with Gasteiger partial charge in [0, 0.05) is 10.2 Å². The van der Waals surface area contributed by atoms with Gasteiger partial charge in [-0.2, -0.15) is 0 Å². The topological polar surface area (TPSA) is 32.3 Å². The van der Waals surface area contributed by atoms with Crippen LogP contribution < -0.4 is 5.32 Å². The van der Waals surface area contributed by atoms with Crippen LogP contribution >= 0.6 is 11.3 Å². The molecule has 3 aliphatic heterocycles. The monoisotopic (exact) mass is 368 g/mol. The number of nitrogens with one attached hydrogen (secondary N) is 1. The summed E-state index contributed by atoms with van der Waals surface area (Å²) in [4.78, 5) is 16.6. The summed E-state index contributed by atoms with van der Waals surface area (Å²) in [5.74, 6) is 0.807. The normalized spacial score (nSPS) is 29.3. The lowest BCUT2D eigenvalue weighted by atomic mass is 9.77. The van der Waals surface area contributed by atoms with Crippen molar-refractivity contribution in [3.63, 3.8) is 0 Å². The maximum atomic E-state index is 13.1. The van der Waals surface area contributed by atoms with Crippen LogP contribution in [0, 0.1) is 5.92 Å². The number of thiophene rings is 1. The Kier molecular flexibility index (Phi) is 3.58. The number of nitrogens with zero attached hydrogens (tertiary/aromatic N) is 1. The van der Waals surface area contributed by atoms with Gasteiger partial charge in [-0.05, 0) is 67.1 Å². The Labute approximate surface area is 159 Å². The summed E-state index contributed by atoms with van der Waals surface area (Å²) < 4.78 is 1.26. The Bertz CT molecular complexity index is 866. The highest BCUT2D eigenvalue weighted by Crippen LogP contribution is 2.53. The molecule has 4 heteroatoms. The van der Waals surface area contributed by atoms with Gasteiger partial charge in [0.15, 0.2) is 0 Å². The van der Waals surface area contributed by atoms with E-state index >= 15 is 0 Å². The van der Waals surface area contributed by atoms with Gasteiger partial charge in [-0.1, -0.05) is 39.0 Å². The first-order valence-electron chi connectivity index (χ1n) is 9.97. The van der Waals surface area contributed by atoms with Crippen molar-refractivity contribution in [1.29, 1.82) is 0 Å². The van der Waals surface area contributed by atoms with Crippen molar-refractivity contribution in [3.8, 4) is 0 Å². The molecule has 1 amide bonds. The lowest BCUT2D eigenvalue weighted by Crippen LogP contribution is -2.65. The largest absolute Gasteiger partial charge is 0.346 e. The summed E-state index contributed by atoms with van der Waals surface area (Å²) in [6, 6.07) is 8.89. The fourth-order valence-corrected chi connectivity index (χ4v) is 6.59. The number of fused-ring (bicyclic) bond motifs is 3. The predicted molar refractivity (Wildman–Crippen MR) is 108 cm³/mol. The first kappa shape index (κ1) is 16.8. The second-order valence-corrected chi connectivity index (χ2v) is 10.5. The fourth-order valence-electron chi connectivity index (χ4n) is 5.30. The molecule has 6 rings (SSSR count). The molecule has 1 N–H and O–H groups in total. The molecule has 1 atom stereocenters. The van der Waals surface area contributed by atoms with Gasteiger partial charge in [0.05, 0.1) is 10.9 Å². The molecule has 1 spiro atoms. The van der Waals surface area contributed by atoms with Gasteiger partial charge in [0.2, 0.25) is 0 Å². The second kappa shape index (κ2) is 5.56. The highest BCUT2D eigenvalue weighted by Gasteiger charge is 2.60. The van der Waals surface area contributed by atoms with Crippen LogP contribution in [0.3, 0.4) is 0 Å². The van der Waals surface area contributed by atoms with Crippen molar-refractivity contribution < 1.29 is 4.79 Å². The van der Waals surface area contributed by atoms with Crippen molar-refractivity contribution in [2.75, 3.05) is 13.1 Å². The fraction of sp³-hybridized carbons (Fsp3) is 0.591. The summed E-state index contributed by atoms with van der Waals surface area (Å²) in [6.45, 7) is 9.19. The minimum absolute atomic E-state index is 0.0893. The van der Waals surface area contributed by atoms with Crippen LogP contribution in [0.5, 0.6) is 0 Å². The summed E-state index contributed by atoms with van der Waals surface area (Å²) in [5, 5.41) is 4.67. The molecule has 4 heterocycles. The van der Waals surface area contributed by atoms with Gasteiger partial charge >= 0.3 is 0 Å². The number of rotatable bonds is 2. The molecule has 0 radical (unpaired) electrons. The van der Waals surface area contributed by atoms with Gasteiger partial charge in [0.1, 0.15) is 0 Å². The number of carbonyl (C=O) groups excluding carboxylic acids is 1. The Morgan fingerprint density at radius 2 is 1.96 bits per heavy atom. The van der Waals surface area contributed by atoms with Gasteiger partial charge < -0.3 is 5.32 Å². The Morgan fingerprint density at radius 3 is 2.62 bits per heavy atom. The van der Waals surface area contributed by atoms with Crippen LogP contribution in [-0.4, -0.2) is 35.5 Å². The first-order chi connectivity index (χ1) is 12.4. The maximum Gasteiger partial charge on any atom is 0.261 e. The number of benzene rings is 1. The molecule has 1 aliphatic carbocycles. The van der Waals surface area contributed by atoms with Gasteiger partial charge in [-0.15, -0.1) is 11.3 Å². The lowest BCUT2D eigenvalue weighted by molar-refractivity contribution is -0.00138. The molecule has 3 nitrogen and oxygen atoms in total. The number of hydrogen-bond donors (Lipinski definition) is 1. The zero-order chi connectivity index (χ0) is 18.1. The average Bonchev–Trinajstić information content (AvgIpc) is 3.26. The molecule has 1 aromatic carbocycles. The molecule has 1 aromatic heterocycles. The standard InChI is InChI=1S/C22H28N2OS/c1-21(2,3)16-6-4-5-15-13-17(26-18(15)16)20(25)23-19-14-7-11-24(12-8-14)22(19)9-10-22/h4-6,13-14,19H,7-12H2,1-3H3,(H,23,25)/t19-/m0/s1. The average molecular weight is 369 g/mol. The quantitative estimate of drug-likeness (QED) is 0.843. The van der Waals surface area contributed by atoms with Gasteiger partial charge in [0.25, 0.3) is 5.91 Å². The van der Waals surface area contributed by atoms with E-state index in [-0.39, 0.29) is 11.3 Å². The van der Waals surface area contributed by atoms with E-state index in [4.69, 9.17) is 0 Å². The molecule has 2 bridgehead atoms. The van der Waals surface area contributed by atoms with E-state index in [0.29, 0.717) is 17.5 Å². The molecular weight excluding hydrogens is 340 g/mol. The van der Waals surface area contributed by atoms with Crippen molar-refractivity contribution in [3.05, 3.63) is 34.7 Å². The minimum Gasteiger partial charge on any atom is -0.346 e. The van der Waals surface area contributed by atoms with Crippen molar-refractivity contribution >= 4 is 27.3 Å². The van der Waals surface area contributed by atoms with Crippen LogP contribution in [0.2, 0.25) is 0 Å². The second-order valence-electron chi connectivity index (χ2n) is 9.46. The third-order valence-electron chi connectivity index (χ3n) is 6.84. The third kappa shape index (κ3) is 2.45. The van der Waals surface area contributed by atoms with Crippen LogP contribution in [0.25, 0.3) is 10.1 Å². The van der Waals surface area contributed by atoms with E-state index in [1.165, 1.54) is 54.4 Å². The van der Waals surface area contributed by atoms with E-state index in [1.807, 2.05) is 0 Å². The van der Waals surface area contributed by atoms with Gasteiger partial charge in [-0.3, -0.25) is 9.69 Å². The van der Waals surface area contributed by atoms with E-state index in [0.717, 1.165) is 4.88 Å². The molecule has 4 aliphatic rings. The zero-order valence-corrected chi connectivity index (χ0v) is 16.8. The van der Waals surface area contributed by atoms with E-state index in [1.54, 1.807) is 11.3 Å². The van der Waals surface area contributed by atoms with E-state index < -0.39 is 0 Å². The molecule has 3 saturated heterocycles. The Balaban J connectivity index is 1.44. The van der Waals surface area contributed by atoms with Gasteiger partial charge in [-0.25, -0.2) is 0 Å².